The number of hydrogen-bond donors (Lipinski definition) is 0. The predicted molar refractivity (Wildman–Crippen MR) is 110 cm³/mol. The van der Waals surface area contributed by atoms with Crippen molar-refractivity contribution in [1.82, 2.24) is 14.6 Å². The Balaban J connectivity index is 1.69. The van der Waals surface area contributed by atoms with Crippen LogP contribution in [-0.2, 0) is 0 Å². The lowest BCUT2D eigenvalue weighted by molar-refractivity contribution is 0.363. The number of para-hydroxylation sites is 1. The minimum Gasteiger partial charge on any atom is -0.496 e. The molecule has 0 bridgehead atoms. The topological polar surface area (TPSA) is 65.7 Å². The van der Waals surface area contributed by atoms with E-state index in [0.29, 0.717) is 27.7 Å². The fraction of sp³-hybridized carbons (Fsp3) is 0.0952. The zero-order valence-corrected chi connectivity index (χ0v) is 16.0. The van der Waals surface area contributed by atoms with Crippen LogP contribution in [0.3, 0.4) is 0 Å². The number of hydrogen-bond acceptors (Lipinski definition) is 6. The lowest BCUT2D eigenvalue weighted by atomic mass is 10.2. The third kappa shape index (κ3) is 3.39. The molecule has 0 saturated heterocycles. The molecule has 0 unspecified atom stereocenters. The monoisotopic (exact) mass is 391 g/mol. The number of rotatable bonds is 6. The molecule has 2 aromatic heterocycles. The van der Waals surface area contributed by atoms with Gasteiger partial charge in [-0.25, -0.2) is 0 Å². The molecule has 0 atom stereocenters. The van der Waals surface area contributed by atoms with Crippen LogP contribution in [0.25, 0.3) is 22.4 Å². The van der Waals surface area contributed by atoms with Crippen LogP contribution in [0.1, 0.15) is 5.56 Å². The Morgan fingerprint density at radius 3 is 2.68 bits per heavy atom. The summed E-state index contributed by atoms with van der Waals surface area (Å²) >= 11 is 1.30. The Kier molecular flexibility index (Phi) is 4.90. The molecule has 0 radical (unpaired) electrons. The number of aromatic nitrogens is 3. The van der Waals surface area contributed by atoms with Gasteiger partial charge in [0.1, 0.15) is 18.1 Å². The van der Waals surface area contributed by atoms with Crippen LogP contribution >= 0.6 is 11.3 Å². The summed E-state index contributed by atoms with van der Waals surface area (Å²) in [5.41, 5.74) is 1.45. The predicted octanol–water partition coefficient (Wildman–Crippen LogP) is 2.94. The van der Waals surface area contributed by atoms with Gasteiger partial charge in [0.05, 0.1) is 11.6 Å². The van der Waals surface area contributed by atoms with Gasteiger partial charge >= 0.3 is 0 Å². The van der Waals surface area contributed by atoms with Gasteiger partial charge in [-0.3, -0.25) is 4.79 Å². The Morgan fingerprint density at radius 2 is 1.96 bits per heavy atom. The highest BCUT2D eigenvalue weighted by Gasteiger charge is 2.12. The quantitative estimate of drug-likeness (QED) is 0.473. The van der Waals surface area contributed by atoms with Crippen molar-refractivity contribution >= 4 is 22.4 Å². The Labute approximate surface area is 165 Å². The van der Waals surface area contributed by atoms with Gasteiger partial charge in [-0.05, 0) is 36.4 Å². The summed E-state index contributed by atoms with van der Waals surface area (Å²) in [6.45, 7) is 4.07. The fourth-order valence-corrected chi connectivity index (χ4v) is 3.64. The molecule has 0 spiro atoms. The van der Waals surface area contributed by atoms with E-state index in [9.17, 15) is 4.79 Å². The minimum absolute atomic E-state index is 0.199. The van der Waals surface area contributed by atoms with E-state index in [1.165, 1.54) is 15.9 Å². The zero-order valence-electron chi connectivity index (χ0n) is 15.2. The molecule has 2 heterocycles. The number of methoxy groups -OCH3 is 1. The molecule has 2 aromatic carbocycles. The number of nitrogens with zero attached hydrogens (tertiary/aromatic N) is 3. The van der Waals surface area contributed by atoms with Crippen molar-refractivity contribution in [2.45, 2.75) is 0 Å². The zero-order chi connectivity index (χ0) is 19.5. The number of fused-ring (bicyclic) bond motifs is 1. The van der Waals surface area contributed by atoms with Crippen LogP contribution in [-0.4, -0.2) is 28.3 Å². The molecule has 28 heavy (non-hydrogen) atoms. The van der Waals surface area contributed by atoms with Crippen molar-refractivity contribution in [3.63, 3.8) is 0 Å². The van der Waals surface area contributed by atoms with Gasteiger partial charge in [0.25, 0.3) is 5.56 Å². The van der Waals surface area contributed by atoms with Gasteiger partial charge < -0.3 is 9.47 Å². The molecule has 0 aliphatic heterocycles. The summed E-state index contributed by atoms with van der Waals surface area (Å²) in [6.07, 6.45) is 3.49. The van der Waals surface area contributed by atoms with E-state index in [2.05, 4.69) is 16.7 Å². The van der Waals surface area contributed by atoms with E-state index in [4.69, 9.17) is 9.47 Å². The first-order chi connectivity index (χ1) is 13.7. The number of thiazole rings is 1. The second-order valence-electron chi connectivity index (χ2n) is 5.91. The normalized spacial score (nSPS) is 11.7. The maximum absolute atomic E-state index is 12.7. The minimum atomic E-state index is -0.199. The van der Waals surface area contributed by atoms with Crippen molar-refractivity contribution in [3.05, 3.63) is 81.6 Å². The van der Waals surface area contributed by atoms with E-state index >= 15 is 0 Å². The lowest BCUT2D eigenvalue weighted by Crippen LogP contribution is -2.23. The van der Waals surface area contributed by atoms with Crippen molar-refractivity contribution in [1.29, 1.82) is 0 Å². The van der Waals surface area contributed by atoms with Crippen LogP contribution < -0.4 is 19.6 Å². The molecular formula is C21H17N3O3S. The van der Waals surface area contributed by atoms with Gasteiger partial charge in [0.15, 0.2) is 5.82 Å². The Morgan fingerprint density at radius 1 is 1.18 bits per heavy atom. The van der Waals surface area contributed by atoms with Crippen LogP contribution in [0.15, 0.2) is 66.0 Å². The van der Waals surface area contributed by atoms with Crippen molar-refractivity contribution in [2.24, 2.45) is 0 Å². The first-order valence-electron chi connectivity index (χ1n) is 8.58. The first kappa shape index (κ1) is 17.9. The highest BCUT2D eigenvalue weighted by molar-refractivity contribution is 7.15. The Bertz CT molecular complexity index is 1240. The summed E-state index contributed by atoms with van der Waals surface area (Å²) < 4.78 is 12.7. The average molecular weight is 391 g/mol. The summed E-state index contributed by atoms with van der Waals surface area (Å²) in [4.78, 5) is 17.8. The molecule has 6 nitrogen and oxygen atoms in total. The molecule has 0 aliphatic rings. The molecule has 0 amide bonds. The van der Waals surface area contributed by atoms with Crippen molar-refractivity contribution < 1.29 is 9.47 Å². The maximum Gasteiger partial charge on any atom is 0.291 e. The van der Waals surface area contributed by atoms with Gasteiger partial charge in [0.2, 0.25) is 4.96 Å². The third-order valence-corrected chi connectivity index (χ3v) is 5.05. The third-order valence-electron chi connectivity index (χ3n) is 4.09. The van der Waals surface area contributed by atoms with E-state index in [1.807, 2.05) is 48.5 Å². The van der Waals surface area contributed by atoms with Crippen LogP contribution in [0.2, 0.25) is 0 Å². The van der Waals surface area contributed by atoms with Crippen LogP contribution in [0, 0.1) is 0 Å². The summed E-state index contributed by atoms with van der Waals surface area (Å²) in [5, 5.41) is 4.37. The molecular weight excluding hydrogens is 374 g/mol. The highest BCUT2D eigenvalue weighted by atomic mass is 32.1. The average Bonchev–Trinajstić information content (AvgIpc) is 3.27. The standard InChI is InChI=1S/C21H17N3O3S/c1-3-12-27-16-10-8-14(9-11-16)19-22-21-24(23-19)20(25)18(28-21)13-15-6-4-5-7-17(15)26-2/h3-11,13H,1,12H2,2H3/b18-13-. The Hall–Kier alpha value is -3.45. The lowest BCUT2D eigenvalue weighted by Gasteiger charge is -2.02. The van der Waals surface area contributed by atoms with E-state index < -0.39 is 0 Å². The smallest absolute Gasteiger partial charge is 0.291 e. The van der Waals surface area contributed by atoms with Gasteiger partial charge in [-0.15, -0.1) is 5.10 Å². The van der Waals surface area contributed by atoms with Gasteiger partial charge in [-0.1, -0.05) is 42.2 Å². The molecule has 0 N–H and O–H groups in total. The van der Waals surface area contributed by atoms with Crippen molar-refractivity contribution in [3.8, 4) is 22.9 Å². The molecule has 7 heteroatoms. The molecule has 0 aliphatic carbocycles. The molecule has 0 saturated carbocycles. The highest BCUT2D eigenvalue weighted by Crippen LogP contribution is 2.21. The summed E-state index contributed by atoms with van der Waals surface area (Å²) in [6, 6.07) is 14.9. The van der Waals surface area contributed by atoms with E-state index in [0.717, 1.165) is 16.9 Å². The second kappa shape index (κ2) is 7.66. The molecule has 4 rings (SSSR count). The SMILES string of the molecule is C=CCOc1ccc(-c2nc3s/c(=C\c4ccccc4OC)c(=O)n3n2)cc1. The van der Waals surface area contributed by atoms with E-state index in [1.54, 1.807) is 19.3 Å². The largest absolute Gasteiger partial charge is 0.496 e. The number of benzene rings is 2. The molecule has 140 valence electrons. The maximum atomic E-state index is 12.7. The number of ether oxygens (including phenoxy) is 2. The summed E-state index contributed by atoms with van der Waals surface area (Å²) in [7, 11) is 1.60. The van der Waals surface area contributed by atoms with E-state index in [-0.39, 0.29) is 5.56 Å². The summed E-state index contributed by atoms with van der Waals surface area (Å²) in [5.74, 6) is 1.95. The van der Waals surface area contributed by atoms with Gasteiger partial charge in [-0.2, -0.15) is 9.50 Å². The second-order valence-corrected chi connectivity index (χ2v) is 6.92. The van der Waals surface area contributed by atoms with Crippen molar-refractivity contribution in [2.75, 3.05) is 13.7 Å². The molecule has 0 fully saturated rings. The van der Waals surface area contributed by atoms with Crippen LogP contribution in [0.5, 0.6) is 11.5 Å². The van der Waals surface area contributed by atoms with Gasteiger partial charge in [0, 0.05) is 11.1 Å². The fourth-order valence-electron chi connectivity index (χ4n) is 2.74. The first-order valence-corrected chi connectivity index (χ1v) is 9.39. The molecule has 4 aromatic rings. The van der Waals surface area contributed by atoms with Crippen LogP contribution in [0.4, 0.5) is 0 Å².